The van der Waals surface area contributed by atoms with Crippen molar-refractivity contribution in [3.05, 3.63) is 0 Å². The summed E-state index contributed by atoms with van der Waals surface area (Å²) in [5.74, 6) is -0.956. The van der Waals surface area contributed by atoms with Crippen LogP contribution < -0.4 is 0 Å². The number of rotatable bonds is 7. The molecule has 19 heavy (non-hydrogen) atoms. The zero-order valence-corrected chi connectivity index (χ0v) is 12.5. The van der Waals surface area contributed by atoms with Gasteiger partial charge in [0.15, 0.2) is 0 Å². The summed E-state index contributed by atoms with van der Waals surface area (Å²) in [4.78, 5) is 11.6. The van der Waals surface area contributed by atoms with Crippen LogP contribution in [0, 0.1) is 0 Å². The SMILES string of the molecule is CCOP(=O)(CC(=O)OC1COS(O)(O)C1)OCC. The van der Waals surface area contributed by atoms with Crippen molar-refractivity contribution >= 4 is 24.4 Å². The molecule has 1 saturated heterocycles. The molecule has 0 aromatic carbocycles. The van der Waals surface area contributed by atoms with Crippen LogP contribution in [0.4, 0.5) is 0 Å². The first-order valence-corrected chi connectivity index (χ1v) is 9.15. The molecule has 0 radical (unpaired) electrons. The minimum Gasteiger partial charge on any atom is -0.458 e. The van der Waals surface area contributed by atoms with Crippen LogP contribution in [0.2, 0.25) is 0 Å². The molecule has 8 nitrogen and oxygen atoms in total. The molecule has 1 heterocycles. The molecule has 1 atom stereocenters. The molecule has 1 aliphatic rings. The van der Waals surface area contributed by atoms with E-state index in [2.05, 4.69) is 4.18 Å². The van der Waals surface area contributed by atoms with Crippen molar-refractivity contribution in [3.63, 3.8) is 0 Å². The second kappa shape index (κ2) is 7.03. The molecule has 0 bridgehead atoms. The maximum absolute atomic E-state index is 12.1. The van der Waals surface area contributed by atoms with Crippen LogP contribution in [-0.2, 0) is 27.3 Å². The van der Waals surface area contributed by atoms with Crippen molar-refractivity contribution in [2.24, 2.45) is 0 Å². The third-order valence-electron chi connectivity index (χ3n) is 2.12. The Bertz CT molecular complexity index is 350. The number of carbonyl (C=O) groups is 1. The Kier molecular flexibility index (Phi) is 6.25. The smallest absolute Gasteiger partial charge is 0.341 e. The van der Waals surface area contributed by atoms with Crippen molar-refractivity contribution in [1.82, 2.24) is 0 Å². The van der Waals surface area contributed by atoms with Crippen molar-refractivity contribution < 1.29 is 36.4 Å². The number of hydrogen-bond donors (Lipinski definition) is 2. The average Bonchev–Trinajstić information content (AvgIpc) is 2.57. The highest BCUT2D eigenvalue weighted by atomic mass is 32.3. The number of hydrogen-bond acceptors (Lipinski definition) is 8. The average molecular weight is 318 g/mol. The van der Waals surface area contributed by atoms with Gasteiger partial charge in [-0.2, -0.15) is 0 Å². The lowest BCUT2D eigenvalue weighted by atomic mass is 10.4. The van der Waals surface area contributed by atoms with E-state index < -0.39 is 36.7 Å². The van der Waals surface area contributed by atoms with Gasteiger partial charge >= 0.3 is 13.6 Å². The lowest BCUT2D eigenvalue weighted by Crippen LogP contribution is -2.24. The minimum atomic E-state index is -3.50. The first-order valence-electron chi connectivity index (χ1n) is 5.78. The Morgan fingerprint density at radius 2 is 1.95 bits per heavy atom. The molecule has 0 amide bonds. The van der Waals surface area contributed by atoms with E-state index in [1.807, 2.05) is 0 Å². The summed E-state index contributed by atoms with van der Waals surface area (Å²) in [6.07, 6.45) is -1.26. The van der Waals surface area contributed by atoms with Gasteiger partial charge in [0.05, 0.1) is 29.8 Å². The van der Waals surface area contributed by atoms with E-state index in [9.17, 15) is 18.5 Å². The van der Waals surface area contributed by atoms with Crippen LogP contribution >= 0.6 is 18.5 Å². The highest BCUT2D eigenvalue weighted by molar-refractivity contribution is 8.20. The molecule has 2 N–H and O–H groups in total. The molecule has 0 aliphatic carbocycles. The summed E-state index contributed by atoms with van der Waals surface area (Å²) in [5, 5.41) is 0. The number of carbonyl (C=O) groups excluding carboxylic acids is 1. The number of esters is 1. The molecule has 0 aromatic heterocycles. The molecule has 1 rings (SSSR count). The Morgan fingerprint density at radius 1 is 1.37 bits per heavy atom. The highest BCUT2D eigenvalue weighted by Crippen LogP contribution is 2.49. The van der Waals surface area contributed by atoms with E-state index in [0.29, 0.717) is 0 Å². The van der Waals surface area contributed by atoms with E-state index in [1.54, 1.807) is 13.8 Å². The van der Waals surface area contributed by atoms with E-state index in [1.165, 1.54) is 0 Å². The predicted molar refractivity (Wildman–Crippen MR) is 69.3 cm³/mol. The van der Waals surface area contributed by atoms with Gasteiger partial charge in [-0.3, -0.25) is 13.5 Å². The molecule has 1 fully saturated rings. The minimum absolute atomic E-state index is 0.0956. The van der Waals surface area contributed by atoms with Crippen LogP contribution in [0.1, 0.15) is 13.8 Å². The van der Waals surface area contributed by atoms with Crippen molar-refractivity contribution in [2.45, 2.75) is 20.0 Å². The number of ether oxygens (including phenoxy) is 1. The zero-order chi connectivity index (χ0) is 14.5. The predicted octanol–water partition coefficient (Wildman–Crippen LogP) is 1.86. The topological polar surface area (TPSA) is 112 Å². The molecule has 114 valence electrons. The van der Waals surface area contributed by atoms with Gasteiger partial charge in [-0.1, -0.05) is 0 Å². The van der Waals surface area contributed by atoms with Crippen molar-refractivity contribution in [2.75, 3.05) is 31.7 Å². The Morgan fingerprint density at radius 3 is 2.37 bits per heavy atom. The fourth-order valence-electron chi connectivity index (χ4n) is 1.49. The van der Waals surface area contributed by atoms with Gasteiger partial charge in [0.25, 0.3) is 0 Å². The van der Waals surface area contributed by atoms with Crippen LogP contribution in [0.3, 0.4) is 0 Å². The molecule has 10 heteroatoms. The Labute approximate surface area is 113 Å². The van der Waals surface area contributed by atoms with Crippen LogP contribution in [-0.4, -0.2) is 52.9 Å². The van der Waals surface area contributed by atoms with E-state index in [0.717, 1.165) is 0 Å². The molecule has 0 spiro atoms. The Hall–Kier alpha value is -0.150. The lowest BCUT2D eigenvalue weighted by molar-refractivity contribution is -0.145. The third-order valence-corrected chi connectivity index (χ3v) is 5.39. The van der Waals surface area contributed by atoms with Gasteiger partial charge in [-0.15, -0.1) is 0 Å². The van der Waals surface area contributed by atoms with Gasteiger partial charge in [0.2, 0.25) is 0 Å². The Balaban J connectivity index is 2.47. The van der Waals surface area contributed by atoms with Crippen LogP contribution in [0.25, 0.3) is 0 Å². The molecule has 1 aliphatic heterocycles. The first-order chi connectivity index (χ1) is 8.80. The van der Waals surface area contributed by atoms with Crippen LogP contribution in [0.15, 0.2) is 0 Å². The van der Waals surface area contributed by atoms with Gasteiger partial charge in [-0.05, 0) is 13.8 Å². The first kappa shape index (κ1) is 16.9. The van der Waals surface area contributed by atoms with Crippen molar-refractivity contribution in [1.29, 1.82) is 0 Å². The lowest BCUT2D eigenvalue weighted by Gasteiger charge is -2.18. The largest absolute Gasteiger partial charge is 0.458 e. The second-order valence-corrected chi connectivity index (χ2v) is 7.61. The third kappa shape index (κ3) is 5.78. The van der Waals surface area contributed by atoms with Gasteiger partial charge < -0.3 is 22.9 Å². The standard InChI is InChI=1S/C9H19O8PS/c1-3-14-18(11,15-4-2)6-9(10)17-8-5-16-19(12,13)7-8/h8,12-13H,3-7H2,1-2H3. The summed E-state index contributed by atoms with van der Waals surface area (Å²) in [6.45, 7) is 3.48. The van der Waals surface area contributed by atoms with E-state index in [-0.39, 0.29) is 25.6 Å². The van der Waals surface area contributed by atoms with E-state index in [4.69, 9.17) is 13.8 Å². The summed E-state index contributed by atoms with van der Waals surface area (Å²) < 4.78 is 50.0. The molecule has 0 saturated carbocycles. The molecule has 0 aromatic rings. The normalized spacial score (nSPS) is 24.1. The summed E-state index contributed by atoms with van der Waals surface area (Å²) in [6, 6.07) is 0. The summed E-state index contributed by atoms with van der Waals surface area (Å²) >= 11 is 0. The van der Waals surface area contributed by atoms with Gasteiger partial charge in [0, 0.05) is 0 Å². The maximum Gasteiger partial charge on any atom is 0.341 e. The fraction of sp³-hybridized carbons (Fsp3) is 0.889. The van der Waals surface area contributed by atoms with Crippen LogP contribution in [0.5, 0.6) is 0 Å². The maximum atomic E-state index is 12.1. The fourth-order valence-corrected chi connectivity index (χ4v) is 4.04. The molecular weight excluding hydrogens is 299 g/mol. The monoisotopic (exact) mass is 318 g/mol. The van der Waals surface area contributed by atoms with Crippen molar-refractivity contribution in [3.8, 4) is 0 Å². The summed E-state index contributed by atoms with van der Waals surface area (Å²) in [5.41, 5.74) is 0. The van der Waals surface area contributed by atoms with Gasteiger partial charge in [0.1, 0.15) is 18.9 Å². The quantitative estimate of drug-likeness (QED) is 0.540. The zero-order valence-electron chi connectivity index (χ0n) is 10.8. The highest BCUT2D eigenvalue weighted by Gasteiger charge is 2.37. The summed E-state index contributed by atoms with van der Waals surface area (Å²) in [7, 11) is -6.61. The molecular formula is C9H19O8PS. The second-order valence-electron chi connectivity index (χ2n) is 3.77. The van der Waals surface area contributed by atoms with Gasteiger partial charge in [-0.25, -0.2) is 0 Å². The van der Waals surface area contributed by atoms with E-state index >= 15 is 0 Å². The molecule has 1 unspecified atom stereocenters.